The number of quaternary nitrogens is 1. The molecular weight excluding hydrogens is 996 g/mol. The Morgan fingerprint density at radius 1 is 0.430 bits per heavy atom. The summed E-state index contributed by atoms with van der Waals surface area (Å²) in [7, 11) is 1.63. The first-order valence-corrected chi connectivity index (χ1v) is 36.7. The molecule has 3 unspecified atom stereocenters. The molecule has 0 aromatic carbocycles. The molecule has 8 nitrogen and oxygen atoms in total. The van der Waals surface area contributed by atoms with Crippen LogP contribution in [0.5, 0.6) is 0 Å². The van der Waals surface area contributed by atoms with Gasteiger partial charge in [-0.15, -0.1) is 0 Å². The largest absolute Gasteiger partial charge is 0.472 e. The van der Waals surface area contributed by atoms with Crippen molar-refractivity contribution >= 4 is 13.7 Å². The minimum atomic E-state index is -4.33. The first-order valence-electron chi connectivity index (χ1n) is 35.2. The number of hydrogen-bond acceptors (Lipinski definition) is 5. The molecule has 0 aliphatic heterocycles. The third-order valence-electron chi connectivity index (χ3n) is 16.5. The number of allylic oxidation sites excluding steroid dienone is 4. The van der Waals surface area contributed by atoms with Gasteiger partial charge in [0, 0.05) is 6.42 Å². The van der Waals surface area contributed by atoms with Gasteiger partial charge in [0.15, 0.2) is 0 Å². The quantitative estimate of drug-likeness (QED) is 0.0243. The Kier molecular flexibility index (Phi) is 60.7. The predicted molar refractivity (Wildman–Crippen MR) is 346 cm³/mol. The molecule has 0 radical (unpaired) electrons. The molecule has 0 aliphatic carbocycles. The number of carbonyl (C=O) groups excluding carboxylic acids is 1. The number of rotatable bonds is 66. The maximum atomic E-state index is 13.1. The molecule has 0 fully saturated rings. The lowest BCUT2D eigenvalue weighted by atomic mass is 10.0. The van der Waals surface area contributed by atoms with Crippen LogP contribution in [0.1, 0.15) is 367 Å². The van der Waals surface area contributed by atoms with Gasteiger partial charge in [0.1, 0.15) is 13.2 Å². The smallest absolute Gasteiger partial charge is 0.391 e. The van der Waals surface area contributed by atoms with Crippen LogP contribution in [0.4, 0.5) is 0 Å². The zero-order valence-electron chi connectivity index (χ0n) is 53.9. The summed E-state index contributed by atoms with van der Waals surface area (Å²) < 4.78 is 23.9. The van der Waals surface area contributed by atoms with Gasteiger partial charge in [0.2, 0.25) is 5.91 Å². The summed E-state index contributed by atoms with van der Waals surface area (Å²) >= 11 is 0. The molecule has 3 atom stereocenters. The number of nitrogens with zero attached hydrogens (tertiary/aromatic N) is 1. The highest BCUT2D eigenvalue weighted by molar-refractivity contribution is 7.47. The Hall–Kier alpha value is -1.02. The zero-order chi connectivity index (χ0) is 57.7. The van der Waals surface area contributed by atoms with E-state index in [1.54, 1.807) is 0 Å². The normalized spacial score (nSPS) is 13.8. The minimum Gasteiger partial charge on any atom is -0.391 e. The van der Waals surface area contributed by atoms with E-state index in [1.165, 1.54) is 295 Å². The standard InChI is InChI=1S/C70H139N2O6P/c1-6-8-10-12-14-16-18-20-22-24-26-28-30-31-32-33-34-35-36-37-38-39-40-41-42-44-46-48-50-52-54-56-58-60-62-64-70(74)71-68(67-78-79(75,76)77-66-65-72(3,4)5)69(73)63-61-59-57-55-53-51-49-47-45-43-29-27-25-23-21-19-17-15-13-11-9-7-2/h30-31,33-34,68-69,73H,6-29,32,35-67H2,1-5H3,(H-,71,74,75,76)/p+1/b31-30-,34-33-. The van der Waals surface area contributed by atoms with Gasteiger partial charge in [0.25, 0.3) is 0 Å². The Bertz CT molecular complexity index is 1340. The lowest BCUT2D eigenvalue weighted by molar-refractivity contribution is -0.870. The Morgan fingerprint density at radius 2 is 0.722 bits per heavy atom. The van der Waals surface area contributed by atoms with E-state index in [0.29, 0.717) is 23.9 Å². The van der Waals surface area contributed by atoms with Crippen LogP contribution in [-0.4, -0.2) is 73.4 Å². The molecule has 9 heteroatoms. The highest BCUT2D eigenvalue weighted by Gasteiger charge is 2.28. The fourth-order valence-electron chi connectivity index (χ4n) is 11.0. The number of aliphatic hydroxyl groups is 1. The maximum Gasteiger partial charge on any atom is 0.472 e. The summed E-state index contributed by atoms with van der Waals surface area (Å²) in [6, 6.07) is -0.760. The average Bonchev–Trinajstić information content (AvgIpc) is 3.42. The molecule has 0 aromatic rings. The molecule has 0 saturated heterocycles. The third-order valence-corrected chi connectivity index (χ3v) is 17.4. The van der Waals surface area contributed by atoms with Crippen molar-refractivity contribution < 1.29 is 32.9 Å². The van der Waals surface area contributed by atoms with Crippen LogP contribution in [-0.2, 0) is 18.4 Å². The summed E-state index contributed by atoms with van der Waals surface area (Å²) in [5.41, 5.74) is 0. The first kappa shape index (κ1) is 78.0. The van der Waals surface area contributed by atoms with E-state index in [2.05, 4.69) is 43.5 Å². The first-order chi connectivity index (χ1) is 38.5. The monoisotopic (exact) mass is 1140 g/mol. The molecule has 0 saturated carbocycles. The SMILES string of the molecule is CCCCCCCCCCCCC/C=C\C/C=C\CCCCCCCCCCCCCCCCCCCC(=O)NC(COP(=O)(O)OCC[N+](C)(C)C)C(O)CCCCCCCCCCCCCCCCCCCCCCCC. The molecule has 0 bridgehead atoms. The predicted octanol–water partition coefficient (Wildman–Crippen LogP) is 22.3. The van der Waals surface area contributed by atoms with E-state index < -0.39 is 20.0 Å². The van der Waals surface area contributed by atoms with Crippen LogP contribution >= 0.6 is 7.82 Å². The van der Waals surface area contributed by atoms with Crippen molar-refractivity contribution in [3.05, 3.63) is 24.3 Å². The van der Waals surface area contributed by atoms with Crippen molar-refractivity contribution in [1.29, 1.82) is 0 Å². The highest BCUT2D eigenvalue weighted by atomic mass is 31.2. The Morgan fingerprint density at radius 3 is 1.04 bits per heavy atom. The van der Waals surface area contributed by atoms with E-state index in [-0.39, 0.29) is 19.1 Å². The van der Waals surface area contributed by atoms with Crippen LogP contribution in [0.3, 0.4) is 0 Å². The Balaban J connectivity index is 3.97. The van der Waals surface area contributed by atoms with Gasteiger partial charge in [-0.3, -0.25) is 13.8 Å². The molecule has 0 spiro atoms. The summed E-state index contributed by atoms with van der Waals surface area (Å²) in [4.78, 5) is 23.4. The van der Waals surface area contributed by atoms with Gasteiger partial charge in [-0.25, -0.2) is 4.57 Å². The maximum absolute atomic E-state index is 13.1. The van der Waals surface area contributed by atoms with Crippen LogP contribution in [0.15, 0.2) is 24.3 Å². The molecule has 0 heterocycles. The number of nitrogens with one attached hydrogen (secondary N) is 1. The molecule has 470 valence electrons. The molecule has 1 amide bonds. The third kappa shape index (κ3) is 64.4. The van der Waals surface area contributed by atoms with E-state index in [9.17, 15) is 19.4 Å². The van der Waals surface area contributed by atoms with E-state index in [4.69, 9.17) is 9.05 Å². The van der Waals surface area contributed by atoms with Crippen molar-refractivity contribution in [2.24, 2.45) is 0 Å². The van der Waals surface area contributed by atoms with Crippen LogP contribution in [0.2, 0.25) is 0 Å². The van der Waals surface area contributed by atoms with Gasteiger partial charge < -0.3 is 19.8 Å². The van der Waals surface area contributed by atoms with Gasteiger partial charge >= 0.3 is 7.82 Å². The summed E-state index contributed by atoms with van der Waals surface area (Å²) in [5.74, 6) is -0.137. The van der Waals surface area contributed by atoms with E-state index in [1.807, 2.05) is 21.1 Å². The summed E-state index contributed by atoms with van der Waals surface area (Å²) in [5, 5.41) is 14.1. The average molecular weight is 1140 g/mol. The van der Waals surface area contributed by atoms with Crippen molar-refractivity contribution in [1.82, 2.24) is 5.32 Å². The van der Waals surface area contributed by atoms with Gasteiger partial charge in [0.05, 0.1) is 39.9 Å². The fraction of sp³-hybridized carbons (Fsp3) is 0.929. The van der Waals surface area contributed by atoms with Gasteiger partial charge in [-0.05, 0) is 44.9 Å². The van der Waals surface area contributed by atoms with Crippen LogP contribution in [0.25, 0.3) is 0 Å². The van der Waals surface area contributed by atoms with E-state index in [0.717, 1.165) is 44.9 Å². The molecule has 0 aromatic heterocycles. The Labute approximate surface area is 494 Å². The molecule has 79 heavy (non-hydrogen) atoms. The number of phosphoric acid groups is 1. The van der Waals surface area contributed by atoms with Crippen molar-refractivity contribution in [2.45, 2.75) is 379 Å². The summed E-state index contributed by atoms with van der Waals surface area (Å²) in [6.07, 6.45) is 80.0. The number of aliphatic hydroxyl groups excluding tert-OH is 1. The molecule has 3 N–H and O–H groups in total. The number of hydrogen-bond donors (Lipinski definition) is 3. The molecule has 0 rings (SSSR count). The fourth-order valence-corrected chi connectivity index (χ4v) is 11.7. The van der Waals surface area contributed by atoms with Gasteiger partial charge in [-0.1, -0.05) is 340 Å². The van der Waals surface area contributed by atoms with Crippen molar-refractivity contribution in [3.8, 4) is 0 Å². The highest BCUT2D eigenvalue weighted by Crippen LogP contribution is 2.43. The number of unbranched alkanes of at least 4 members (excludes halogenated alkanes) is 49. The molecule has 0 aliphatic rings. The minimum absolute atomic E-state index is 0.0772. The zero-order valence-corrected chi connectivity index (χ0v) is 54.8. The van der Waals surface area contributed by atoms with Gasteiger partial charge in [-0.2, -0.15) is 0 Å². The van der Waals surface area contributed by atoms with Crippen LogP contribution < -0.4 is 5.32 Å². The number of carbonyl (C=O) groups is 1. The van der Waals surface area contributed by atoms with E-state index >= 15 is 0 Å². The second-order valence-corrected chi connectivity index (χ2v) is 27.1. The lowest BCUT2D eigenvalue weighted by Gasteiger charge is -2.26. The summed E-state index contributed by atoms with van der Waals surface area (Å²) in [6.45, 7) is 4.95. The second kappa shape index (κ2) is 61.5. The lowest BCUT2D eigenvalue weighted by Crippen LogP contribution is -2.46. The number of phosphoric ester groups is 1. The molecular formula is C70H140N2O6P+. The topological polar surface area (TPSA) is 105 Å². The number of amides is 1. The van der Waals surface area contributed by atoms with Crippen molar-refractivity contribution in [2.75, 3.05) is 40.9 Å². The van der Waals surface area contributed by atoms with Crippen LogP contribution in [0, 0.1) is 0 Å². The van der Waals surface area contributed by atoms with Crippen molar-refractivity contribution in [3.63, 3.8) is 0 Å². The number of likely N-dealkylation sites (N-methyl/N-ethyl adjacent to an activating group) is 1. The second-order valence-electron chi connectivity index (χ2n) is 25.6.